The summed E-state index contributed by atoms with van der Waals surface area (Å²) in [5.41, 5.74) is 1.39. The Morgan fingerprint density at radius 1 is 1.26 bits per heavy atom. The summed E-state index contributed by atoms with van der Waals surface area (Å²) in [6.07, 6.45) is 0. The zero-order valence-electron chi connectivity index (χ0n) is 12.5. The van der Waals surface area contributed by atoms with Crippen LogP contribution in [0, 0.1) is 0 Å². The second-order valence-corrected chi connectivity index (χ2v) is 5.69. The number of hydrogen-bond acceptors (Lipinski definition) is 2. The van der Waals surface area contributed by atoms with Gasteiger partial charge in [0.1, 0.15) is 5.75 Å². The van der Waals surface area contributed by atoms with E-state index in [2.05, 4.69) is 6.58 Å². The Morgan fingerprint density at radius 3 is 2.16 bits per heavy atom. The van der Waals surface area contributed by atoms with Crippen LogP contribution in [-0.4, -0.2) is 23.5 Å². The molecule has 0 bridgehead atoms. The summed E-state index contributed by atoms with van der Waals surface area (Å²) in [4.78, 5) is 14.0. The first kappa shape index (κ1) is 15.3. The van der Waals surface area contributed by atoms with Crippen LogP contribution in [0.1, 0.15) is 33.3 Å². The van der Waals surface area contributed by atoms with Gasteiger partial charge in [-0.1, -0.05) is 18.7 Å². The van der Waals surface area contributed by atoms with E-state index >= 15 is 0 Å². The second kappa shape index (κ2) is 5.91. The molecule has 0 aliphatic heterocycles. The van der Waals surface area contributed by atoms with Gasteiger partial charge in [0.2, 0.25) is 5.91 Å². The van der Waals surface area contributed by atoms with Crippen molar-refractivity contribution in [3.05, 3.63) is 42.0 Å². The van der Waals surface area contributed by atoms with E-state index < -0.39 is 0 Å². The van der Waals surface area contributed by atoms with Gasteiger partial charge in [0.25, 0.3) is 0 Å². The molecule has 0 saturated carbocycles. The molecule has 0 heterocycles. The first-order chi connectivity index (χ1) is 8.75. The minimum absolute atomic E-state index is 0.0108. The van der Waals surface area contributed by atoms with E-state index in [0.717, 1.165) is 11.3 Å². The zero-order chi connectivity index (χ0) is 14.6. The molecule has 104 valence electrons. The van der Waals surface area contributed by atoms with Crippen molar-refractivity contribution in [2.75, 3.05) is 7.11 Å². The molecule has 3 heteroatoms. The molecule has 0 aliphatic carbocycles. The van der Waals surface area contributed by atoms with Crippen molar-refractivity contribution in [2.45, 2.75) is 39.8 Å². The molecule has 0 spiro atoms. The summed E-state index contributed by atoms with van der Waals surface area (Å²) in [6.45, 7) is 12.1. The fourth-order valence-corrected chi connectivity index (χ4v) is 1.76. The molecule has 0 unspecified atom stereocenters. The molecule has 0 aromatic heterocycles. The second-order valence-electron chi connectivity index (χ2n) is 5.69. The van der Waals surface area contributed by atoms with Crippen LogP contribution in [0.2, 0.25) is 0 Å². The Kier molecular flexibility index (Phi) is 4.76. The van der Waals surface area contributed by atoms with Crippen molar-refractivity contribution in [3.8, 4) is 5.75 Å². The van der Waals surface area contributed by atoms with E-state index in [0.29, 0.717) is 12.1 Å². The first-order valence-electron chi connectivity index (χ1n) is 6.36. The van der Waals surface area contributed by atoms with Crippen molar-refractivity contribution >= 4 is 5.91 Å². The van der Waals surface area contributed by atoms with Crippen molar-refractivity contribution < 1.29 is 9.53 Å². The van der Waals surface area contributed by atoms with Gasteiger partial charge in [-0.05, 0) is 45.4 Å². The number of methoxy groups -OCH3 is 1. The molecule has 3 nitrogen and oxygen atoms in total. The third-order valence-corrected chi connectivity index (χ3v) is 2.92. The van der Waals surface area contributed by atoms with Gasteiger partial charge in [-0.3, -0.25) is 4.79 Å². The van der Waals surface area contributed by atoms with E-state index in [1.54, 1.807) is 14.0 Å². The maximum absolute atomic E-state index is 12.2. The summed E-state index contributed by atoms with van der Waals surface area (Å²) in [5.74, 6) is 0.806. The van der Waals surface area contributed by atoms with Crippen LogP contribution >= 0.6 is 0 Å². The summed E-state index contributed by atoms with van der Waals surface area (Å²) in [7, 11) is 1.64. The van der Waals surface area contributed by atoms with Crippen LogP contribution in [0.4, 0.5) is 0 Å². The molecule has 1 aromatic carbocycles. The van der Waals surface area contributed by atoms with Crippen LogP contribution in [0.25, 0.3) is 0 Å². The van der Waals surface area contributed by atoms with Crippen LogP contribution < -0.4 is 4.74 Å². The van der Waals surface area contributed by atoms with Crippen molar-refractivity contribution in [1.82, 2.24) is 4.90 Å². The zero-order valence-corrected chi connectivity index (χ0v) is 12.5. The maximum Gasteiger partial charge on any atom is 0.249 e. The Hall–Kier alpha value is -1.77. The Labute approximate surface area is 115 Å². The van der Waals surface area contributed by atoms with E-state index in [1.807, 2.05) is 49.9 Å². The highest BCUT2D eigenvalue weighted by Crippen LogP contribution is 2.21. The van der Waals surface area contributed by atoms with Crippen molar-refractivity contribution in [2.24, 2.45) is 0 Å². The molecule has 1 amide bonds. The predicted octanol–water partition coefficient (Wildman–Crippen LogP) is 3.40. The number of carbonyl (C=O) groups is 1. The Bertz CT molecular complexity index is 455. The van der Waals surface area contributed by atoms with Crippen LogP contribution in [-0.2, 0) is 11.3 Å². The monoisotopic (exact) mass is 261 g/mol. The molecule has 19 heavy (non-hydrogen) atoms. The number of amides is 1. The normalized spacial score (nSPS) is 11.0. The molecule has 0 saturated heterocycles. The molecule has 0 fully saturated rings. The third kappa shape index (κ3) is 4.12. The highest BCUT2D eigenvalue weighted by atomic mass is 16.5. The van der Waals surface area contributed by atoms with E-state index in [4.69, 9.17) is 4.74 Å². The summed E-state index contributed by atoms with van der Waals surface area (Å²) >= 11 is 0. The lowest BCUT2D eigenvalue weighted by molar-refractivity contribution is -0.132. The number of nitrogens with zero attached hydrogens (tertiary/aromatic N) is 1. The molecule has 1 aromatic rings. The highest BCUT2D eigenvalue weighted by molar-refractivity contribution is 5.92. The highest BCUT2D eigenvalue weighted by Gasteiger charge is 2.26. The Morgan fingerprint density at radius 2 is 1.79 bits per heavy atom. The van der Waals surface area contributed by atoms with Crippen LogP contribution in [0.5, 0.6) is 5.75 Å². The maximum atomic E-state index is 12.2. The van der Waals surface area contributed by atoms with E-state index in [9.17, 15) is 4.79 Å². The SMILES string of the molecule is C=C(C)C(=O)N(Cc1ccc(OC)cc1)C(C)(C)C. The number of hydrogen-bond donors (Lipinski definition) is 0. The quantitative estimate of drug-likeness (QED) is 0.777. The van der Waals surface area contributed by atoms with Gasteiger partial charge in [0.15, 0.2) is 0 Å². The topological polar surface area (TPSA) is 29.5 Å². The van der Waals surface area contributed by atoms with Gasteiger partial charge >= 0.3 is 0 Å². The average molecular weight is 261 g/mol. The molecule has 0 aliphatic rings. The summed E-state index contributed by atoms with van der Waals surface area (Å²) in [6, 6.07) is 7.76. The van der Waals surface area contributed by atoms with Crippen LogP contribution in [0.15, 0.2) is 36.4 Å². The number of benzene rings is 1. The lowest BCUT2D eigenvalue weighted by Crippen LogP contribution is -2.45. The standard InChI is InChI=1S/C16H23NO2/c1-12(2)15(18)17(16(3,4)5)11-13-7-9-14(19-6)10-8-13/h7-10H,1,11H2,2-6H3. The molecule has 0 atom stereocenters. The predicted molar refractivity (Wildman–Crippen MR) is 78.1 cm³/mol. The van der Waals surface area contributed by atoms with Crippen molar-refractivity contribution in [3.63, 3.8) is 0 Å². The van der Waals surface area contributed by atoms with Crippen LogP contribution in [0.3, 0.4) is 0 Å². The lowest BCUT2D eigenvalue weighted by Gasteiger charge is -2.36. The van der Waals surface area contributed by atoms with E-state index in [-0.39, 0.29) is 11.4 Å². The molecule has 0 radical (unpaired) electrons. The average Bonchev–Trinajstić information content (AvgIpc) is 2.34. The third-order valence-electron chi connectivity index (χ3n) is 2.92. The summed E-state index contributed by atoms with van der Waals surface area (Å²) < 4.78 is 5.13. The molecule has 1 rings (SSSR count). The fraction of sp³-hybridized carbons (Fsp3) is 0.438. The van der Waals surface area contributed by atoms with E-state index in [1.165, 1.54) is 0 Å². The minimum atomic E-state index is -0.240. The van der Waals surface area contributed by atoms with Gasteiger partial charge in [-0.2, -0.15) is 0 Å². The number of rotatable bonds is 4. The van der Waals surface area contributed by atoms with Gasteiger partial charge in [0, 0.05) is 17.7 Å². The van der Waals surface area contributed by atoms with Gasteiger partial charge in [0.05, 0.1) is 7.11 Å². The number of ether oxygens (including phenoxy) is 1. The smallest absolute Gasteiger partial charge is 0.249 e. The minimum Gasteiger partial charge on any atom is -0.497 e. The fourth-order valence-electron chi connectivity index (χ4n) is 1.76. The molecular weight excluding hydrogens is 238 g/mol. The largest absolute Gasteiger partial charge is 0.497 e. The van der Waals surface area contributed by atoms with Gasteiger partial charge in [-0.15, -0.1) is 0 Å². The summed E-state index contributed by atoms with van der Waals surface area (Å²) in [5, 5.41) is 0. The molecule has 0 N–H and O–H groups in total. The van der Waals surface area contributed by atoms with Gasteiger partial charge in [-0.25, -0.2) is 0 Å². The Balaban J connectivity index is 2.94. The molecular formula is C16H23NO2. The first-order valence-corrected chi connectivity index (χ1v) is 6.36. The lowest BCUT2D eigenvalue weighted by atomic mass is 10.0. The van der Waals surface area contributed by atoms with Gasteiger partial charge < -0.3 is 9.64 Å². The number of carbonyl (C=O) groups excluding carboxylic acids is 1. The van der Waals surface area contributed by atoms with Crippen molar-refractivity contribution in [1.29, 1.82) is 0 Å².